The van der Waals surface area contributed by atoms with Gasteiger partial charge in [0, 0.05) is 10.3 Å². The van der Waals surface area contributed by atoms with Gasteiger partial charge in [0.25, 0.3) is 0 Å². The molecule has 0 atom stereocenters. The second-order valence-corrected chi connectivity index (χ2v) is 3.77. The Labute approximate surface area is 68.8 Å². The monoisotopic (exact) mass is 161 g/mol. The molecule has 0 amide bonds. The SMILES string of the molecule is c1cc2c3c(snc3c1)CC2. The van der Waals surface area contributed by atoms with Gasteiger partial charge in [-0.1, -0.05) is 12.1 Å². The van der Waals surface area contributed by atoms with E-state index in [1.807, 2.05) is 0 Å². The molecule has 1 aromatic heterocycles. The fourth-order valence-corrected chi connectivity index (χ4v) is 2.64. The number of hydrogen-bond donors (Lipinski definition) is 0. The quantitative estimate of drug-likeness (QED) is 0.578. The molecule has 54 valence electrons. The molecule has 0 spiro atoms. The minimum atomic E-state index is 1.19. The molecule has 1 aliphatic rings. The van der Waals surface area contributed by atoms with E-state index in [-0.39, 0.29) is 0 Å². The zero-order valence-electron chi connectivity index (χ0n) is 6.00. The Bertz CT molecular complexity index is 416. The molecule has 1 nitrogen and oxygen atoms in total. The van der Waals surface area contributed by atoms with Crippen LogP contribution < -0.4 is 0 Å². The molecule has 1 aromatic carbocycles. The van der Waals surface area contributed by atoms with Crippen LogP contribution in [0, 0.1) is 0 Å². The van der Waals surface area contributed by atoms with Gasteiger partial charge in [-0.05, 0) is 36.0 Å². The zero-order chi connectivity index (χ0) is 7.26. The summed E-state index contributed by atoms with van der Waals surface area (Å²) in [5, 5.41) is 1.44. The summed E-state index contributed by atoms with van der Waals surface area (Å²) in [7, 11) is 0. The van der Waals surface area contributed by atoms with Crippen molar-refractivity contribution in [1.82, 2.24) is 4.37 Å². The van der Waals surface area contributed by atoms with Crippen LogP contribution in [0.15, 0.2) is 18.2 Å². The van der Waals surface area contributed by atoms with Crippen LogP contribution in [-0.4, -0.2) is 4.37 Å². The molecule has 0 fully saturated rings. The van der Waals surface area contributed by atoms with Gasteiger partial charge in [-0.25, -0.2) is 0 Å². The summed E-state index contributed by atoms with van der Waals surface area (Å²) in [4.78, 5) is 1.48. The summed E-state index contributed by atoms with van der Waals surface area (Å²) >= 11 is 1.66. The Hall–Kier alpha value is -0.890. The van der Waals surface area contributed by atoms with Crippen molar-refractivity contribution >= 4 is 22.4 Å². The predicted molar refractivity (Wildman–Crippen MR) is 47.0 cm³/mol. The molecule has 0 unspecified atom stereocenters. The number of benzene rings is 1. The molecule has 0 N–H and O–H groups in total. The number of aromatic nitrogens is 1. The molecule has 1 aliphatic carbocycles. The summed E-state index contributed by atoms with van der Waals surface area (Å²) in [6, 6.07) is 6.42. The van der Waals surface area contributed by atoms with Gasteiger partial charge in [0.1, 0.15) is 0 Å². The van der Waals surface area contributed by atoms with Crippen LogP contribution in [0.4, 0.5) is 0 Å². The Kier molecular flexibility index (Phi) is 0.950. The van der Waals surface area contributed by atoms with Gasteiger partial charge >= 0.3 is 0 Å². The third-order valence-corrected chi connectivity index (χ3v) is 3.20. The molecular formula is C9H7NS. The standard InChI is InChI=1S/C9H7NS/c1-2-6-4-5-8-9(6)7(3-1)10-11-8/h1-3H,4-5H2. The molecule has 0 aliphatic heterocycles. The molecule has 0 saturated heterocycles. The lowest BCUT2D eigenvalue weighted by Crippen LogP contribution is -1.77. The third kappa shape index (κ3) is 0.627. The molecule has 2 heteroatoms. The van der Waals surface area contributed by atoms with Crippen LogP contribution in [0.25, 0.3) is 10.9 Å². The highest BCUT2D eigenvalue weighted by Crippen LogP contribution is 2.32. The predicted octanol–water partition coefficient (Wildman–Crippen LogP) is 2.39. The minimum Gasteiger partial charge on any atom is -0.192 e. The normalized spacial score (nSPS) is 14.5. The second kappa shape index (κ2) is 1.83. The number of aryl methyl sites for hydroxylation is 2. The highest BCUT2D eigenvalue weighted by molar-refractivity contribution is 7.07. The lowest BCUT2D eigenvalue weighted by Gasteiger charge is -1.91. The number of nitrogens with zero attached hydrogens (tertiary/aromatic N) is 1. The van der Waals surface area contributed by atoms with Gasteiger partial charge in [-0.3, -0.25) is 0 Å². The number of rotatable bonds is 0. The molecular weight excluding hydrogens is 154 g/mol. The van der Waals surface area contributed by atoms with Crippen LogP contribution in [-0.2, 0) is 12.8 Å². The van der Waals surface area contributed by atoms with Crippen molar-refractivity contribution in [2.24, 2.45) is 0 Å². The summed E-state index contributed by atoms with van der Waals surface area (Å²) < 4.78 is 4.37. The summed E-state index contributed by atoms with van der Waals surface area (Å²) in [6.45, 7) is 0. The highest BCUT2D eigenvalue weighted by Gasteiger charge is 2.15. The van der Waals surface area contributed by atoms with Crippen molar-refractivity contribution in [3.63, 3.8) is 0 Å². The van der Waals surface area contributed by atoms with Crippen molar-refractivity contribution in [1.29, 1.82) is 0 Å². The zero-order valence-corrected chi connectivity index (χ0v) is 6.82. The van der Waals surface area contributed by atoms with E-state index < -0.39 is 0 Å². The highest BCUT2D eigenvalue weighted by atomic mass is 32.1. The summed E-state index contributed by atoms with van der Waals surface area (Å²) in [5.41, 5.74) is 2.69. The van der Waals surface area contributed by atoms with Gasteiger partial charge in [0.05, 0.1) is 5.52 Å². The van der Waals surface area contributed by atoms with Gasteiger partial charge in [-0.2, -0.15) is 4.37 Å². The third-order valence-electron chi connectivity index (χ3n) is 2.28. The molecule has 2 aromatic rings. The van der Waals surface area contributed by atoms with E-state index in [4.69, 9.17) is 0 Å². The molecule has 1 heterocycles. The van der Waals surface area contributed by atoms with Gasteiger partial charge < -0.3 is 0 Å². The molecule has 0 saturated carbocycles. The first-order chi connectivity index (χ1) is 5.45. The summed E-state index contributed by atoms with van der Waals surface area (Å²) in [5.74, 6) is 0. The maximum atomic E-state index is 4.37. The van der Waals surface area contributed by atoms with Crippen LogP contribution in [0.5, 0.6) is 0 Å². The van der Waals surface area contributed by atoms with E-state index in [0.29, 0.717) is 0 Å². The maximum absolute atomic E-state index is 4.37. The fraction of sp³-hybridized carbons (Fsp3) is 0.222. The number of hydrogen-bond acceptors (Lipinski definition) is 2. The second-order valence-electron chi connectivity index (χ2n) is 2.92. The minimum absolute atomic E-state index is 1.19. The topological polar surface area (TPSA) is 12.9 Å². The van der Waals surface area contributed by atoms with Crippen molar-refractivity contribution in [2.45, 2.75) is 12.8 Å². The Morgan fingerprint density at radius 2 is 2.27 bits per heavy atom. The molecule has 0 bridgehead atoms. The Morgan fingerprint density at radius 1 is 1.27 bits per heavy atom. The van der Waals surface area contributed by atoms with E-state index in [1.165, 1.54) is 34.2 Å². The average Bonchev–Trinajstić information content (AvgIpc) is 2.60. The largest absolute Gasteiger partial charge is 0.192 e. The summed E-state index contributed by atoms with van der Waals surface area (Å²) in [6.07, 6.45) is 2.43. The van der Waals surface area contributed by atoms with Gasteiger partial charge in [0.15, 0.2) is 0 Å². The lowest BCUT2D eigenvalue weighted by molar-refractivity contribution is 1.04. The van der Waals surface area contributed by atoms with Crippen molar-refractivity contribution < 1.29 is 0 Å². The van der Waals surface area contributed by atoms with Crippen molar-refractivity contribution in [2.75, 3.05) is 0 Å². The van der Waals surface area contributed by atoms with Crippen LogP contribution >= 0.6 is 11.5 Å². The van der Waals surface area contributed by atoms with E-state index in [1.54, 1.807) is 11.5 Å². The van der Waals surface area contributed by atoms with Crippen LogP contribution in [0.3, 0.4) is 0 Å². The first kappa shape index (κ1) is 5.72. The molecule has 11 heavy (non-hydrogen) atoms. The Balaban J connectivity index is 2.61. The van der Waals surface area contributed by atoms with Crippen LogP contribution in [0.2, 0.25) is 0 Å². The lowest BCUT2D eigenvalue weighted by atomic mass is 10.1. The van der Waals surface area contributed by atoms with Crippen molar-refractivity contribution in [3.05, 3.63) is 28.6 Å². The van der Waals surface area contributed by atoms with E-state index >= 15 is 0 Å². The maximum Gasteiger partial charge on any atom is 0.0846 e. The van der Waals surface area contributed by atoms with Gasteiger partial charge in [-0.15, -0.1) is 0 Å². The first-order valence-corrected chi connectivity index (χ1v) is 4.58. The molecule has 0 radical (unpaired) electrons. The van der Waals surface area contributed by atoms with E-state index in [9.17, 15) is 0 Å². The smallest absolute Gasteiger partial charge is 0.0846 e. The van der Waals surface area contributed by atoms with Crippen LogP contribution in [0.1, 0.15) is 10.4 Å². The van der Waals surface area contributed by atoms with Gasteiger partial charge in [0.2, 0.25) is 0 Å². The Morgan fingerprint density at radius 3 is 3.27 bits per heavy atom. The van der Waals surface area contributed by atoms with Crippen molar-refractivity contribution in [3.8, 4) is 0 Å². The molecule has 3 rings (SSSR count). The van der Waals surface area contributed by atoms with E-state index in [2.05, 4.69) is 22.6 Å². The first-order valence-electron chi connectivity index (χ1n) is 3.81. The fourth-order valence-electron chi connectivity index (χ4n) is 1.76. The van der Waals surface area contributed by atoms with E-state index in [0.717, 1.165) is 0 Å². The average molecular weight is 161 g/mol.